The monoisotopic (exact) mass is 262 g/mol. The highest BCUT2D eigenvalue weighted by Crippen LogP contribution is 2.26. The maximum absolute atomic E-state index is 9.09. The molecule has 1 fully saturated rings. The van der Waals surface area contributed by atoms with Gasteiger partial charge in [-0.1, -0.05) is 6.07 Å². The fraction of sp³-hybridized carbons (Fsp3) is 0.625. The number of aryl methyl sites for hydroxylation is 1. The molecule has 0 spiro atoms. The standard InChI is InChI=1S/C16H26N2O/c1-13-10-16(6-5-15(13)11-17-2)18-8-3-4-14(12-18)7-9-19/h5-6,10,14,17,19H,3-4,7-9,11-12H2,1-2H3. The van der Waals surface area contributed by atoms with E-state index in [1.807, 2.05) is 7.05 Å². The van der Waals surface area contributed by atoms with Crippen molar-refractivity contribution >= 4 is 5.69 Å². The molecule has 0 aromatic heterocycles. The Morgan fingerprint density at radius 2 is 2.26 bits per heavy atom. The zero-order chi connectivity index (χ0) is 13.7. The van der Waals surface area contributed by atoms with Gasteiger partial charge in [-0.15, -0.1) is 0 Å². The van der Waals surface area contributed by atoms with Gasteiger partial charge in [-0.2, -0.15) is 0 Å². The molecule has 1 saturated heterocycles. The van der Waals surface area contributed by atoms with Crippen molar-refractivity contribution in [1.29, 1.82) is 0 Å². The second kappa shape index (κ2) is 6.92. The summed E-state index contributed by atoms with van der Waals surface area (Å²) in [5.74, 6) is 0.649. The predicted molar refractivity (Wildman–Crippen MR) is 80.6 cm³/mol. The molecule has 2 N–H and O–H groups in total. The molecule has 1 aromatic carbocycles. The van der Waals surface area contributed by atoms with Crippen molar-refractivity contribution in [2.75, 3.05) is 31.6 Å². The number of benzene rings is 1. The van der Waals surface area contributed by atoms with Crippen molar-refractivity contribution in [1.82, 2.24) is 5.32 Å². The minimum absolute atomic E-state index is 0.318. The van der Waals surface area contributed by atoms with Crippen LogP contribution in [-0.4, -0.2) is 31.9 Å². The van der Waals surface area contributed by atoms with Crippen LogP contribution in [0.1, 0.15) is 30.4 Å². The molecule has 1 heterocycles. The number of aliphatic hydroxyl groups is 1. The molecule has 2 rings (SSSR count). The average Bonchev–Trinajstić information content (AvgIpc) is 2.42. The van der Waals surface area contributed by atoms with Gasteiger partial charge in [0.2, 0.25) is 0 Å². The van der Waals surface area contributed by atoms with Gasteiger partial charge in [-0.05, 0) is 62.4 Å². The molecule has 1 atom stereocenters. The van der Waals surface area contributed by atoms with Gasteiger partial charge in [0.05, 0.1) is 0 Å². The number of nitrogens with one attached hydrogen (secondary N) is 1. The minimum Gasteiger partial charge on any atom is -0.396 e. The first-order valence-electron chi connectivity index (χ1n) is 7.34. The Hall–Kier alpha value is -1.06. The average molecular weight is 262 g/mol. The highest BCUT2D eigenvalue weighted by atomic mass is 16.3. The lowest BCUT2D eigenvalue weighted by Crippen LogP contribution is -2.35. The lowest BCUT2D eigenvalue weighted by molar-refractivity contribution is 0.244. The first-order chi connectivity index (χ1) is 9.24. The second-order valence-corrected chi connectivity index (χ2v) is 5.61. The van der Waals surface area contributed by atoms with E-state index in [-0.39, 0.29) is 0 Å². The number of hydrogen-bond donors (Lipinski definition) is 2. The number of rotatable bonds is 5. The molecule has 1 aliphatic heterocycles. The zero-order valence-electron chi connectivity index (χ0n) is 12.2. The van der Waals surface area contributed by atoms with Crippen molar-refractivity contribution in [2.24, 2.45) is 5.92 Å². The van der Waals surface area contributed by atoms with Gasteiger partial charge in [0.25, 0.3) is 0 Å². The molecule has 0 bridgehead atoms. The van der Waals surface area contributed by atoms with Crippen LogP contribution < -0.4 is 10.2 Å². The molecule has 1 aromatic rings. The first-order valence-corrected chi connectivity index (χ1v) is 7.34. The van der Waals surface area contributed by atoms with E-state index in [0.29, 0.717) is 12.5 Å². The van der Waals surface area contributed by atoms with Gasteiger partial charge >= 0.3 is 0 Å². The Morgan fingerprint density at radius 1 is 1.42 bits per heavy atom. The molecule has 1 unspecified atom stereocenters. The summed E-state index contributed by atoms with van der Waals surface area (Å²) in [5, 5.41) is 12.3. The van der Waals surface area contributed by atoms with Crippen molar-refractivity contribution in [3.05, 3.63) is 29.3 Å². The minimum atomic E-state index is 0.318. The largest absolute Gasteiger partial charge is 0.396 e. The quantitative estimate of drug-likeness (QED) is 0.855. The van der Waals surface area contributed by atoms with Crippen molar-refractivity contribution in [3.8, 4) is 0 Å². The summed E-state index contributed by atoms with van der Waals surface area (Å²) in [5.41, 5.74) is 4.06. The van der Waals surface area contributed by atoms with E-state index in [2.05, 4.69) is 35.3 Å². The zero-order valence-corrected chi connectivity index (χ0v) is 12.2. The Kier molecular flexibility index (Phi) is 5.23. The summed E-state index contributed by atoms with van der Waals surface area (Å²) in [6.07, 6.45) is 3.43. The van der Waals surface area contributed by atoms with Crippen LogP contribution in [0, 0.1) is 12.8 Å². The van der Waals surface area contributed by atoms with Gasteiger partial charge in [-0.3, -0.25) is 0 Å². The Balaban J connectivity index is 2.06. The molecule has 0 radical (unpaired) electrons. The summed E-state index contributed by atoms with van der Waals surface area (Å²) in [4.78, 5) is 2.47. The highest BCUT2D eigenvalue weighted by molar-refractivity contribution is 5.51. The van der Waals surface area contributed by atoms with Crippen LogP contribution in [-0.2, 0) is 6.54 Å². The van der Waals surface area contributed by atoms with Crippen molar-refractivity contribution < 1.29 is 5.11 Å². The van der Waals surface area contributed by atoms with Gasteiger partial charge < -0.3 is 15.3 Å². The Labute approximate surface area is 116 Å². The predicted octanol–water partition coefficient (Wildman–Crippen LogP) is 2.31. The fourth-order valence-corrected chi connectivity index (χ4v) is 2.98. The third kappa shape index (κ3) is 3.71. The fourth-order valence-electron chi connectivity index (χ4n) is 2.98. The maximum Gasteiger partial charge on any atom is 0.0434 e. The van der Waals surface area contributed by atoms with Crippen LogP contribution >= 0.6 is 0 Å². The number of hydrogen-bond acceptors (Lipinski definition) is 3. The van der Waals surface area contributed by atoms with Gasteiger partial charge in [-0.25, -0.2) is 0 Å². The topological polar surface area (TPSA) is 35.5 Å². The van der Waals surface area contributed by atoms with E-state index in [9.17, 15) is 0 Å². The number of nitrogens with zero attached hydrogens (tertiary/aromatic N) is 1. The summed E-state index contributed by atoms with van der Waals surface area (Å²) >= 11 is 0. The third-order valence-electron chi connectivity index (χ3n) is 4.11. The van der Waals surface area contributed by atoms with Crippen LogP contribution in [0.15, 0.2) is 18.2 Å². The smallest absolute Gasteiger partial charge is 0.0434 e. The van der Waals surface area contributed by atoms with Crippen molar-refractivity contribution in [3.63, 3.8) is 0 Å². The van der Waals surface area contributed by atoms with Crippen LogP contribution in [0.25, 0.3) is 0 Å². The third-order valence-corrected chi connectivity index (χ3v) is 4.11. The van der Waals surface area contributed by atoms with Crippen LogP contribution in [0.5, 0.6) is 0 Å². The SMILES string of the molecule is CNCc1ccc(N2CCCC(CCO)C2)cc1C. The van der Waals surface area contributed by atoms with Gasteiger partial charge in [0.15, 0.2) is 0 Å². The number of anilines is 1. The van der Waals surface area contributed by atoms with E-state index in [4.69, 9.17) is 5.11 Å². The van der Waals surface area contributed by atoms with E-state index in [1.165, 1.54) is 29.7 Å². The number of piperidine rings is 1. The molecule has 3 heteroatoms. The molecule has 3 nitrogen and oxygen atoms in total. The maximum atomic E-state index is 9.09. The lowest BCUT2D eigenvalue weighted by atomic mass is 9.94. The summed E-state index contributed by atoms with van der Waals surface area (Å²) in [7, 11) is 1.98. The van der Waals surface area contributed by atoms with Crippen LogP contribution in [0.2, 0.25) is 0 Å². The molecular formula is C16H26N2O. The van der Waals surface area contributed by atoms with Crippen LogP contribution in [0.4, 0.5) is 5.69 Å². The second-order valence-electron chi connectivity index (χ2n) is 5.61. The molecule has 0 amide bonds. The normalized spacial score (nSPS) is 19.7. The number of aliphatic hydroxyl groups excluding tert-OH is 1. The Bertz CT molecular complexity index is 404. The molecule has 0 saturated carbocycles. The molecule has 0 aliphatic carbocycles. The molecule has 19 heavy (non-hydrogen) atoms. The molecule has 1 aliphatic rings. The summed E-state index contributed by atoms with van der Waals surface area (Å²) in [6.45, 7) is 5.67. The first kappa shape index (κ1) is 14.4. The van der Waals surface area contributed by atoms with E-state index >= 15 is 0 Å². The highest BCUT2D eigenvalue weighted by Gasteiger charge is 2.19. The molecule has 106 valence electrons. The molecular weight excluding hydrogens is 236 g/mol. The van der Waals surface area contributed by atoms with Crippen molar-refractivity contribution in [2.45, 2.75) is 32.7 Å². The van der Waals surface area contributed by atoms with Crippen LogP contribution in [0.3, 0.4) is 0 Å². The Morgan fingerprint density at radius 3 is 2.95 bits per heavy atom. The van der Waals surface area contributed by atoms with E-state index in [1.54, 1.807) is 0 Å². The van der Waals surface area contributed by atoms with E-state index < -0.39 is 0 Å². The van der Waals surface area contributed by atoms with E-state index in [0.717, 1.165) is 26.1 Å². The summed E-state index contributed by atoms with van der Waals surface area (Å²) < 4.78 is 0. The van der Waals surface area contributed by atoms with Gasteiger partial charge in [0, 0.05) is 31.9 Å². The summed E-state index contributed by atoms with van der Waals surface area (Å²) in [6, 6.07) is 6.77. The lowest BCUT2D eigenvalue weighted by Gasteiger charge is -2.34. The van der Waals surface area contributed by atoms with Gasteiger partial charge in [0.1, 0.15) is 0 Å².